The average Bonchev–Trinajstić information content (AvgIpc) is 2.68. The zero-order valence-corrected chi connectivity index (χ0v) is 18.3. The first kappa shape index (κ1) is 20.8. The van der Waals surface area contributed by atoms with Crippen molar-refractivity contribution in [1.82, 2.24) is 10.3 Å². The van der Waals surface area contributed by atoms with Gasteiger partial charge in [-0.15, -0.1) is 0 Å². The molecule has 0 aliphatic rings. The largest absolute Gasteiger partial charge is 0.385 e. The van der Waals surface area contributed by atoms with E-state index in [-0.39, 0.29) is 17.4 Å². The summed E-state index contributed by atoms with van der Waals surface area (Å²) in [5.41, 5.74) is 5.99. The average molecular weight is 390 g/mol. The number of anilines is 1. The lowest BCUT2D eigenvalue weighted by Gasteiger charge is -2.19. The molecule has 3 aromatic rings. The molecule has 0 aliphatic heterocycles. The van der Waals surface area contributed by atoms with E-state index < -0.39 is 0 Å². The normalized spacial score (nSPS) is 12.6. The Hall–Kier alpha value is -2.88. The highest BCUT2D eigenvalue weighted by atomic mass is 16.1. The summed E-state index contributed by atoms with van der Waals surface area (Å²) < 4.78 is 0. The Bertz CT molecular complexity index is 1030. The number of carbonyl (C=O) groups is 1. The fourth-order valence-corrected chi connectivity index (χ4v) is 3.42. The van der Waals surface area contributed by atoms with Gasteiger partial charge in [0, 0.05) is 17.6 Å². The molecular formula is C25H31N3O. The quantitative estimate of drug-likeness (QED) is 0.583. The van der Waals surface area contributed by atoms with E-state index in [0.29, 0.717) is 5.69 Å². The van der Waals surface area contributed by atoms with Crippen molar-refractivity contribution in [1.29, 1.82) is 0 Å². The second-order valence-corrected chi connectivity index (χ2v) is 8.65. The monoisotopic (exact) mass is 389 g/mol. The number of hydrogen-bond donors (Lipinski definition) is 2. The summed E-state index contributed by atoms with van der Waals surface area (Å²) in [6.45, 7) is 13.6. The molecule has 29 heavy (non-hydrogen) atoms. The maximum Gasteiger partial charge on any atom is 0.270 e. The molecular weight excluding hydrogens is 358 g/mol. The van der Waals surface area contributed by atoms with Crippen molar-refractivity contribution in [2.24, 2.45) is 0 Å². The summed E-state index contributed by atoms with van der Waals surface area (Å²) >= 11 is 0. The number of fused-ring (bicyclic) bond motifs is 1. The number of nitrogens with zero attached hydrogens (tertiary/aromatic N) is 1. The Balaban J connectivity index is 1.77. The van der Waals surface area contributed by atoms with Crippen LogP contribution in [0.15, 0.2) is 48.5 Å². The van der Waals surface area contributed by atoms with Crippen molar-refractivity contribution >= 4 is 22.5 Å². The summed E-state index contributed by atoms with van der Waals surface area (Å²) in [5, 5.41) is 7.46. The first-order chi connectivity index (χ1) is 13.7. The molecule has 3 rings (SSSR count). The first-order valence-electron chi connectivity index (χ1n) is 10.3. The fourth-order valence-electron chi connectivity index (χ4n) is 3.42. The second kappa shape index (κ2) is 8.24. The number of benzene rings is 2. The highest BCUT2D eigenvalue weighted by Gasteiger charge is 2.16. The minimum absolute atomic E-state index is 0.0833. The van der Waals surface area contributed by atoms with E-state index in [1.165, 1.54) is 11.1 Å². The van der Waals surface area contributed by atoms with Gasteiger partial charge in [0.15, 0.2) is 0 Å². The molecule has 2 N–H and O–H groups in total. The van der Waals surface area contributed by atoms with Crippen LogP contribution in [0.3, 0.4) is 0 Å². The first-order valence-corrected chi connectivity index (χ1v) is 10.3. The molecule has 2 aromatic carbocycles. The van der Waals surface area contributed by atoms with Crippen LogP contribution in [0, 0.1) is 6.92 Å². The molecule has 0 saturated heterocycles. The van der Waals surface area contributed by atoms with Crippen LogP contribution >= 0.6 is 0 Å². The number of rotatable bonds is 5. The van der Waals surface area contributed by atoms with Crippen LogP contribution in [0.5, 0.6) is 0 Å². The van der Waals surface area contributed by atoms with Gasteiger partial charge < -0.3 is 10.6 Å². The summed E-state index contributed by atoms with van der Waals surface area (Å²) in [4.78, 5) is 17.3. The standard InChI is InChI=1S/C25H31N3O/c1-7-26-21-11-8-18(14-16(21)2)17(3)27-24(29)23-12-9-19-15-20(25(4,5)6)10-13-22(19)28-23/h8-15,17,26H,7H2,1-6H3,(H,27,29)/t17-/m1/s1. The zero-order valence-electron chi connectivity index (χ0n) is 18.3. The van der Waals surface area contributed by atoms with Crippen LogP contribution in [0.25, 0.3) is 10.9 Å². The second-order valence-electron chi connectivity index (χ2n) is 8.65. The van der Waals surface area contributed by atoms with Crippen LogP contribution in [-0.2, 0) is 5.41 Å². The molecule has 4 heteroatoms. The van der Waals surface area contributed by atoms with Crippen LogP contribution in [-0.4, -0.2) is 17.4 Å². The predicted molar refractivity (Wildman–Crippen MR) is 122 cm³/mol. The predicted octanol–water partition coefficient (Wildman–Crippen LogP) is 5.76. The molecule has 152 valence electrons. The molecule has 0 aliphatic carbocycles. The van der Waals surface area contributed by atoms with Crippen molar-refractivity contribution in [3.8, 4) is 0 Å². The highest BCUT2D eigenvalue weighted by molar-refractivity contribution is 5.95. The smallest absolute Gasteiger partial charge is 0.270 e. The van der Waals surface area contributed by atoms with E-state index in [0.717, 1.165) is 28.7 Å². The summed E-state index contributed by atoms with van der Waals surface area (Å²) in [6, 6.07) is 16.2. The van der Waals surface area contributed by atoms with Crippen LogP contribution in [0.2, 0.25) is 0 Å². The lowest BCUT2D eigenvalue weighted by Crippen LogP contribution is -2.27. The number of nitrogens with one attached hydrogen (secondary N) is 2. The van der Waals surface area contributed by atoms with Gasteiger partial charge in [0.1, 0.15) is 5.69 Å². The van der Waals surface area contributed by atoms with Crippen molar-refractivity contribution in [2.75, 3.05) is 11.9 Å². The summed E-state index contributed by atoms with van der Waals surface area (Å²) in [7, 11) is 0. The molecule has 4 nitrogen and oxygen atoms in total. The van der Waals surface area contributed by atoms with Gasteiger partial charge in [0.25, 0.3) is 5.91 Å². The van der Waals surface area contributed by atoms with Crippen LogP contribution in [0.1, 0.15) is 67.8 Å². The fraction of sp³-hybridized carbons (Fsp3) is 0.360. The molecule has 1 heterocycles. The van der Waals surface area contributed by atoms with Gasteiger partial charge in [-0.05, 0) is 67.1 Å². The van der Waals surface area contributed by atoms with E-state index in [2.05, 4.69) is 80.6 Å². The number of carbonyl (C=O) groups excluding carboxylic acids is 1. The van der Waals surface area contributed by atoms with Gasteiger partial charge >= 0.3 is 0 Å². The minimum Gasteiger partial charge on any atom is -0.385 e. The van der Waals surface area contributed by atoms with E-state index in [9.17, 15) is 4.79 Å². The van der Waals surface area contributed by atoms with Gasteiger partial charge in [0.2, 0.25) is 0 Å². The van der Waals surface area contributed by atoms with Crippen molar-refractivity contribution in [2.45, 2.75) is 53.0 Å². The molecule has 0 fully saturated rings. The lowest BCUT2D eigenvalue weighted by atomic mass is 9.86. The van der Waals surface area contributed by atoms with Gasteiger partial charge in [0.05, 0.1) is 11.6 Å². The Kier molecular flexibility index (Phi) is 5.92. The maximum atomic E-state index is 12.8. The number of hydrogen-bond acceptors (Lipinski definition) is 3. The van der Waals surface area contributed by atoms with E-state index in [1.807, 2.05) is 19.1 Å². The molecule has 0 spiro atoms. The molecule has 0 unspecified atom stereocenters. The van der Waals surface area contributed by atoms with Gasteiger partial charge in [-0.1, -0.05) is 45.0 Å². The number of aryl methyl sites for hydroxylation is 1. The third-order valence-corrected chi connectivity index (χ3v) is 5.25. The number of amides is 1. The van der Waals surface area contributed by atoms with Gasteiger partial charge in [-0.3, -0.25) is 4.79 Å². The lowest BCUT2D eigenvalue weighted by molar-refractivity contribution is 0.0935. The molecule has 0 saturated carbocycles. The van der Waals surface area contributed by atoms with Gasteiger partial charge in [-0.2, -0.15) is 0 Å². The Labute approximate surface area is 173 Å². The molecule has 1 amide bonds. The Morgan fingerprint density at radius 2 is 1.83 bits per heavy atom. The topological polar surface area (TPSA) is 54.0 Å². The highest BCUT2D eigenvalue weighted by Crippen LogP contribution is 2.26. The van der Waals surface area contributed by atoms with Gasteiger partial charge in [-0.25, -0.2) is 4.98 Å². The van der Waals surface area contributed by atoms with E-state index >= 15 is 0 Å². The molecule has 0 bridgehead atoms. The Morgan fingerprint density at radius 1 is 1.07 bits per heavy atom. The third-order valence-electron chi connectivity index (χ3n) is 5.25. The summed E-state index contributed by atoms with van der Waals surface area (Å²) in [5.74, 6) is -0.160. The number of aromatic nitrogens is 1. The number of pyridine rings is 1. The van der Waals surface area contributed by atoms with Crippen LogP contribution in [0.4, 0.5) is 5.69 Å². The van der Waals surface area contributed by atoms with Crippen LogP contribution < -0.4 is 10.6 Å². The SMILES string of the molecule is CCNc1ccc([C@@H](C)NC(=O)c2ccc3cc(C(C)(C)C)ccc3n2)cc1C. The minimum atomic E-state index is -0.160. The molecule has 1 atom stereocenters. The summed E-state index contributed by atoms with van der Waals surface area (Å²) in [6.07, 6.45) is 0. The molecule has 0 radical (unpaired) electrons. The van der Waals surface area contributed by atoms with E-state index in [4.69, 9.17) is 0 Å². The van der Waals surface area contributed by atoms with E-state index in [1.54, 1.807) is 6.07 Å². The van der Waals surface area contributed by atoms with Crippen molar-refractivity contribution < 1.29 is 4.79 Å². The van der Waals surface area contributed by atoms with Crippen molar-refractivity contribution in [3.05, 3.63) is 70.9 Å². The maximum absolute atomic E-state index is 12.8. The van der Waals surface area contributed by atoms with Crippen molar-refractivity contribution in [3.63, 3.8) is 0 Å². The third kappa shape index (κ3) is 4.76. The zero-order chi connectivity index (χ0) is 21.2. The Morgan fingerprint density at radius 3 is 2.48 bits per heavy atom. The molecule has 1 aromatic heterocycles.